The Morgan fingerprint density at radius 2 is 2.26 bits per heavy atom. The van der Waals surface area contributed by atoms with Gasteiger partial charge in [0.15, 0.2) is 5.96 Å². The molecule has 0 bridgehead atoms. The Bertz CT molecular complexity index is 869. The lowest BCUT2D eigenvalue weighted by Crippen LogP contribution is -2.38. The highest BCUT2D eigenvalue weighted by molar-refractivity contribution is 7.13. The molecule has 0 spiro atoms. The van der Waals surface area contributed by atoms with E-state index in [0.29, 0.717) is 35.2 Å². The summed E-state index contributed by atoms with van der Waals surface area (Å²) in [4.78, 5) is 21.2. The Morgan fingerprint density at radius 1 is 1.48 bits per heavy atom. The molecule has 0 aliphatic heterocycles. The number of nitrogens with zero attached hydrogens (tertiary/aromatic N) is 3. The Balaban J connectivity index is 2.00. The van der Waals surface area contributed by atoms with Crippen molar-refractivity contribution in [2.24, 2.45) is 4.99 Å². The summed E-state index contributed by atoms with van der Waals surface area (Å²) in [6.07, 6.45) is 0. The van der Waals surface area contributed by atoms with Crippen molar-refractivity contribution in [2.45, 2.75) is 33.4 Å². The van der Waals surface area contributed by atoms with E-state index in [1.165, 1.54) is 11.3 Å². The third-order valence-electron chi connectivity index (χ3n) is 3.74. The zero-order valence-electron chi connectivity index (χ0n) is 15.9. The van der Waals surface area contributed by atoms with E-state index in [0.717, 1.165) is 10.6 Å². The number of carbonyl (C=O) groups excluding carboxylic acids is 1. The number of hydrogen-bond donors (Lipinski definition) is 2. The van der Waals surface area contributed by atoms with E-state index in [-0.39, 0.29) is 12.0 Å². The van der Waals surface area contributed by atoms with Crippen LogP contribution in [0.4, 0.5) is 0 Å². The first-order valence-corrected chi connectivity index (χ1v) is 9.40. The minimum atomic E-state index is -0.342. The predicted molar refractivity (Wildman–Crippen MR) is 106 cm³/mol. The van der Waals surface area contributed by atoms with Gasteiger partial charge in [0.2, 0.25) is 0 Å². The van der Waals surface area contributed by atoms with Gasteiger partial charge in [-0.3, -0.25) is 4.99 Å². The van der Waals surface area contributed by atoms with Crippen LogP contribution in [0.2, 0.25) is 0 Å². The highest BCUT2D eigenvalue weighted by Gasteiger charge is 2.20. The number of aryl methyl sites for hydroxylation is 1. The number of aliphatic imine (C=N–C) groups is 1. The first-order chi connectivity index (χ1) is 13.0. The number of hydrogen-bond acceptors (Lipinski definition) is 6. The second-order valence-corrected chi connectivity index (χ2v) is 6.82. The van der Waals surface area contributed by atoms with Crippen LogP contribution < -0.4 is 10.6 Å². The highest BCUT2D eigenvalue weighted by atomic mass is 32.1. The number of rotatable bonds is 6. The van der Waals surface area contributed by atoms with Gasteiger partial charge >= 0.3 is 5.97 Å². The zero-order chi connectivity index (χ0) is 19.8. The van der Waals surface area contributed by atoms with Crippen molar-refractivity contribution in [3.05, 3.63) is 51.0 Å². The van der Waals surface area contributed by atoms with Crippen molar-refractivity contribution >= 4 is 23.3 Å². The number of esters is 1. The van der Waals surface area contributed by atoms with Gasteiger partial charge in [0, 0.05) is 13.6 Å². The van der Waals surface area contributed by atoms with Gasteiger partial charge in [0.25, 0.3) is 0 Å². The van der Waals surface area contributed by atoms with Crippen molar-refractivity contribution in [2.75, 3.05) is 13.7 Å². The molecule has 0 saturated carbocycles. The van der Waals surface area contributed by atoms with E-state index in [9.17, 15) is 4.79 Å². The summed E-state index contributed by atoms with van der Waals surface area (Å²) in [5, 5.41) is 16.2. The molecule has 1 heterocycles. The van der Waals surface area contributed by atoms with E-state index in [1.54, 1.807) is 27.0 Å². The third kappa shape index (κ3) is 5.53. The lowest BCUT2D eigenvalue weighted by Gasteiger charge is -2.16. The highest BCUT2D eigenvalue weighted by Crippen LogP contribution is 2.24. The lowest BCUT2D eigenvalue weighted by molar-refractivity contribution is 0.0531. The molecule has 142 valence electrons. The molecule has 1 aromatic heterocycles. The quantitative estimate of drug-likeness (QED) is 0.451. The van der Waals surface area contributed by atoms with Crippen LogP contribution in [0.1, 0.15) is 51.4 Å². The van der Waals surface area contributed by atoms with E-state index in [2.05, 4.69) is 26.7 Å². The maximum atomic E-state index is 12.0. The number of guanidine groups is 1. The maximum Gasteiger partial charge on any atom is 0.350 e. The number of benzene rings is 1. The molecule has 27 heavy (non-hydrogen) atoms. The van der Waals surface area contributed by atoms with E-state index in [4.69, 9.17) is 10.00 Å². The molecule has 0 radical (unpaired) electrons. The standard InChI is InChI=1S/C19H23N5O2S/c1-5-26-18(25)16-12(2)23-17(27-16)13(3)24-19(21-4)22-11-15-8-6-7-14(9-15)10-20/h6-9,13H,5,11H2,1-4H3,(H2,21,22,24). The van der Waals surface area contributed by atoms with Crippen LogP contribution in [0.15, 0.2) is 29.3 Å². The molecule has 0 amide bonds. The van der Waals surface area contributed by atoms with Gasteiger partial charge in [-0.1, -0.05) is 12.1 Å². The normalized spacial score (nSPS) is 12.2. The number of aromatic nitrogens is 1. The van der Waals surface area contributed by atoms with Crippen LogP contribution in [0.25, 0.3) is 0 Å². The van der Waals surface area contributed by atoms with Gasteiger partial charge < -0.3 is 15.4 Å². The third-order valence-corrected chi connectivity index (χ3v) is 5.06. The van der Waals surface area contributed by atoms with Crippen molar-refractivity contribution in [1.29, 1.82) is 5.26 Å². The Labute approximate surface area is 163 Å². The molecule has 2 rings (SSSR count). The first-order valence-electron chi connectivity index (χ1n) is 8.59. The summed E-state index contributed by atoms with van der Waals surface area (Å²) in [5.74, 6) is 0.265. The minimum Gasteiger partial charge on any atom is -0.462 e. The van der Waals surface area contributed by atoms with Crippen molar-refractivity contribution in [3.63, 3.8) is 0 Å². The van der Waals surface area contributed by atoms with Crippen LogP contribution in [0, 0.1) is 18.3 Å². The van der Waals surface area contributed by atoms with Gasteiger partial charge in [-0.2, -0.15) is 5.26 Å². The maximum absolute atomic E-state index is 12.0. The van der Waals surface area contributed by atoms with Crippen molar-refractivity contribution in [3.8, 4) is 6.07 Å². The summed E-state index contributed by atoms with van der Waals surface area (Å²) in [5.41, 5.74) is 2.27. The molecule has 1 aromatic carbocycles. The van der Waals surface area contributed by atoms with Crippen LogP contribution in [0.5, 0.6) is 0 Å². The van der Waals surface area contributed by atoms with E-state index < -0.39 is 0 Å². The Kier molecular flexibility index (Phi) is 7.32. The summed E-state index contributed by atoms with van der Waals surface area (Å²) in [7, 11) is 1.69. The van der Waals surface area contributed by atoms with E-state index >= 15 is 0 Å². The second kappa shape index (κ2) is 9.69. The fraction of sp³-hybridized carbons (Fsp3) is 0.368. The van der Waals surface area contributed by atoms with Crippen molar-refractivity contribution < 1.29 is 9.53 Å². The van der Waals surface area contributed by atoms with Gasteiger partial charge in [0.05, 0.1) is 30.0 Å². The number of nitriles is 1. The van der Waals surface area contributed by atoms with Crippen LogP contribution in [-0.4, -0.2) is 30.6 Å². The van der Waals surface area contributed by atoms with Gasteiger partial charge in [0.1, 0.15) is 9.88 Å². The Hall–Kier alpha value is -2.92. The summed E-state index contributed by atoms with van der Waals surface area (Å²) >= 11 is 1.32. The largest absolute Gasteiger partial charge is 0.462 e. The second-order valence-electron chi connectivity index (χ2n) is 5.79. The molecule has 8 heteroatoms. The topological polar surface area (TPSA) is 99.4 Å². The molecule has 7 nitrogen and oxygen atoms in total. The van der Waals surface area contributed by atoms with Gasteiger partial charge in [-0.05, 0) is 38.5 Å². The zero-order valence-corrected chi connectivity index (χ0v) is 16.7. The van der Waals surface area contributed by atoms with Crippen LogP contribution in [0.3, 0.4) is 0 Å². The number of thiazole rings is 1. The van der Waals surface area contributed by atoms with Crippen LogP contribution >= 0.6 is 11.3 Å². The molecule has 0 aliphatic rings. The van der Waals surface area contributed by atoms with Gasteiger partial charge in [-0.25, -0.2) is 9.78 Å². The minimum absolute atomic E-state index is 0.131. The number of ether oxygens (including phenoxy) is 1. The van der Waals surface area contributed by atoms with Crippen LogP contribution in [-0.2, 0) is 11.3 Å². The molecule has 2 aromatic rings. The number of carbonyl (C=O) groups is 1. The molecule has 2 N–H and O–H groups in total. The van der Waals surface area contributed by atoms with Crippen molar-refractivity contribution in [1.82, 2.24) is 15.6 Å². The SMILES string of the molecule is CCOC(=O)c1sc(C(C)NC(=NC)NCc2cccc(C#N)c2)nc1C. The average Bonchev–Trinajstić information content (AvgIpc) is 3.07. The summed E-state index contributed by atoms with van der Waals surface area (Å²) in [6, 6.07) is 9.40. The molecule has 1 unspecified atom stereocenters. The molecule has 0 aliphatic carbocycles. The van der Waals surface area contributed by atoms with Gasteiger partial charge in [-0.15, -0.1) is 11.3 Å². The first kappa shape index (κ1) is 20.4. The monoisotopic (exact) mass is 385 g/mol. The summed E-state index contributed by atoms with van der Waals surface area (Å²) < 4.78 is 5.06. The summed E-state index contributed by atoms with van der Waals surface area (Å²) in [6.45, 7) is 6.40. The fourth-order valence-electron chi connectivity index (χ4n) is 2.39. The number of nitrogens with one attached hydrogen (secondary N) is 2. The van der Waals surface area contributed by atoms with E-state index in [1.807, 2.05) is 25.1 Å². The lowest BCUT2D eigenvalue weighted by atomic mass is 10.1. The average molecular weight is 385 g/mol. The fourth-order valence-corrected chi connectivity index (χ4v) is 3.35. The molecular formula is C19H23N5O2S. The Morgan fingerprint density at radius 3 is 2.93 bits per heavy atom. The predicted octanol–water partition coefficient (Wildman–Crippen LogP) is 2.93. The molecule has 1 atom stereocenters. The molecule has 0 fully saturated rings. The molecular weight excluding hydrogens is 362 g/mol. The molecule has 0 saturated heterocycles. The smallest absolute Gasteiger partial charge is 0.350 e.